The normalized spacial score (nSPS) is 17.5. The molecule has 2 unspecified atom stereocenters. The van der Waals surface area contributed by atoms with Gasteiger partial charge in [0.1, 0.15) is 0 Å². The SMILES string of the molecule is CC1=CC2B3c4cc(C(C)(C)C)ccc4N(c4ccc(C(C)(C)C)cc4)c4cc(C(C)(c5ccccc5)c5ccccc5)cc(c43)N(c3ccc(C)cc3)C2C=C1. The fraction of sp³-hybridized carbons (Fsp3) is 0.259. The number of aryl methyl sites for hydroxylation is 1. The summed E-state index contributed by atoms with van der Waals surface area (Å²) in [5, 5.41) is 0. The van der Waals surface area contributed by atoms with Crippen LogP contribution >= 0.6 is 0 Å². The molecule has 57 heavy (non-hydrogen) atoms. The van der Waals surface area contributed by atoms with Crippen LogP contribution < -0.4 is 20.7 Å². The molecule has 2 heterocycles. The summed E-state index contributed by atoms with van der Waals surface area (Å²) in [4.78, 5) is 5.25. The number of hydrogen-bond donors (Lipinski definition) is 0. The summed E-state index contributed by atoms with van der Waals surface area (Å²) in [7, 11) is 0. The van der Waals surface area contributed by atoms with Crippen molar-refractivity contribution < 1.29 is 0 Å². The summed E-state index contributed by atoms with van der Waals surface area (Å²) in [6.07, 6.45) is 7.39. The molecule has 0 amide bonds. The minimum atomic E-state index is -0.434. The Kier molecular flexibility index (Phi) is 8.81. The predicted octanol–water partition coefficient (Wildman–Crippen LogP) is 12.7. The van der Waals surface area contributed by atoms with Crippen molar-refractivity contribution >= 4 is 46.1 Å². The van der Waals surface area contributed by atoms with E-state index in [0.29, 0.717) is 0 Å². The number of hydrogen-bond acceptors (Lipinski definition) is 2. The number of anilines is 5. The van der Waals surface area contributed by atoms with Gasteiger partial charge in [-0.2, -0.15) is 0 Å². The van der Waals surface area contributed by atoms with Crippen LogP contribution in [0.3, 0.4) is 0 Å². The van der Waals surface area contributed by atoms with E-state index in [1.807, 2.05) is 0 Å². The van der Waals surface area contributed by atoms with Crippen molar-refractivity contribution in [3.63, 3.8) is 0 Å². The molecule has 0 aromatic heterocycles. The summed E-state index contributed by atoms with van der Waals surface area (Å²) in [5.41, 5.74) is 17.8. The van der Waals surface area contributed by atoms with Crippen LogP contribution in [0.5, 0.6) is 0 Å². The third kappa shape index (κ3) is 6.18. The molecule has 0 spiro atoms. The molecule has 0 bridgehead atoms. The Balaban J connectivity index is 1.42. The van der Waals surface area contributed by atoms with Gasteiger partial charge >= 0.3 is 0 Å². The zero-order chi connectivity index (χ0) is 39.9. The molecule has 1 aliphatic carbocycles. The molecule has 3 aliphatic rings. The van der Waals surface area contributed by atoms with Crippen molar-refractivity contribution in [1.29, 1.82) is 0 Å². The highest BCUT2D eigenvalue weighted by Crippen LogP contribution is 2.51. The Morgan fingerprint density at radius 1 is 0.509 bits per heavy atom. The summed E-state index contributed by atoms with van der Waals surface area (Å²) >= 11 is 0. The molecule has 0 N–H and O–H groups in total. The van der Waals surface area contributed by atoms with Gasteiger partial charge in [0.2, 0.25) is 6.71 Å². The number of rotatable bonds is 5. The Bertz CT molecular complexity index is 2480. The molecule has 2 nitrogen and oxygen atoms in total. The predicted molar refractivity (Wildman–Crippen MR) is 246 cm³/mol. The maximum absolute atomic E-state index is 2.66. The first-order chi connectivity index (χ1) is 27.2. The Morgan fingerprint density at radius 3 is 1.67 bits per heavy atom. The Morgan fingerprint density at radius 2 is 1.07 bits per heavy atom. The van der Waals surface area contributed by atoms with Crippen LogP contribution in [0.4, 0.5) is 28.4 Å². The maximum atomic E-state index is 2.66. The standard InChI is InChI=1S/C54H55BN2/c1-36-20-26-43(27-21-36)56-47-30-22-37(2)32-45(47)55-46-33-41(53(6,7)8)25-31-48(46)57(44-28-23-38(24-29-44)52(3,4)5)50-35-42(34-49(56)51(50)55)54(9,39-16-12-10-13-17-39)40-18-14-11-15-19-40/h10-35,45,47H,1-9H3. The van der Waals surface area contributed by atoms with Crippen LogP contribution in [-0.4, -0.2) is 12.8 Å². The van der Waals surface area contributed by atoms with Gasteiger partial charge in [0.25, 0.3) is 0 Å². The molecule has 0 fully saturated rings. The van der Waals surface area contributed by atoms with Crippen molar-refractivity contribution in [2.75, 3.05) is 9.80 Å². The lowest BCUT2D eigenvalue weighted by atomic mass is 9.28. The molecule has 9 rings (SSSR count). The first-order valence-corrected chi connectivity index (χ1v) is 20.8. The molecular weight excluding hydrogens is 687 g/mol. The summed E-state index contributed by atoms with van der Waals surface area (Å²) < 4.78 is 0. The van der Waals surface area contributed by atoms with Crippen molar-refractivity contribution in [3.05, 3.63) is 197 Å². The smallest absolute Gasteiger partial charge is 0.226 e. The van der Waals surface area contributed by atoms with Gasteiger partial charge in [0.05, 0.1) is 6.04 Å². The van der Waals surface area contributed by atoms with Crippen LogP contribution in [0.25, 0.3) is 0 Å². The minimum absolute atomic E-state index is 0.00852. The van der Waals surface area contributed by atoms with E-state index in [9.17, 15) is 0 Å². The Hall–Kier alpha value is -5.54. The first-order valence-electron chi connectivity index (χ1n) is 20.8. The van der Waals surface area contributed by atoms with Gasteiger partial charge < -0.3 is 9.80 Å². The highest BCUT2D eigenvalue weighted by atomic mass is 15.2. The van der Waals surface area contributed by atoms with E-state index in [1.54, 1.807) is 0 Å². The van der Waals surface area contributed by atoms with Gasteiger partial charge in [-0.25, -0.2) is 0 Å². The van der Waals surface area contributed by atoms with Gasteiger partial charge in [-0.3, -0.25) is 0 Å². The van der Waals surface area contributed by atoms with Crippen molar-refractivity contribution in [3.8, 4) is 0 Å². The lowest BCUT2D eigenvalue weighted by Crippen LogP contribution is -2.62. The molecule has 0 radical (unpaired) electrons. The van der Waals surface area contributed by atoms with Crippen molar-refractivity contribution in [1.82, 2.24) is 0 Å². The van der Waals surface area contributed by atoms with E-state index < -0.39 is 5.41 Å². The Labute approximate surface area is 341 Å². The van der Waals surface area contributed by atoms with Crippen LogP contribution in [0, 0.1) is 6.92 Å². The molecule has 3 heteroatoms. The largest absolute Gasteiger partial charge is 0.335 e. The topological polar surface area (TPSA) is 6.48 Å². The van der Waals surface area contributed by atoms with Gasteiger partial charge in [0, 0.05) is 33.9 Å². The third-order valence-corrected chi connectivity index (χ3v) is 13.1. The summed E-state index contributed by atoms with van der Waals surface area (Å²) in [5.74, 6) is 0.238. The van der Waals surface area contributed by atoms with E-state index in [-0.39, 0.29) is 29.4 Å². The molecule has 6 aromatic rings. The number of allylic oxidation sites excluding steroid dienone is 2. The second-order valence-corrected chi connectivity index (χ2v) is 19.0. The van der Waals surface area contributed by atoms with Crippen molar-refractivity contribution in [2.45, 2.75) is 90.4 Å². The average molecular weight is 743 g/mol. The zero-order valence-electron chi connectivity index (χ0n) is 35.1. The van der Waals surface area contributed by atoms with Gasteiger partial charge in [-0.15, -0.1) is 0 Å². The molecule has 2 atom stereocenters. The molecule has 284 valence electrons. The quantitative estimate of drug-likeness (QED) is 0.128. The lowest BCUT2D eigenvalue weighted by molar-refractivity contribution is 0.590. The summed E-state index contributed by atoms with van der Waals surface area (Å²) in [6, 6.07) is 53.4. The van der Waals surface area contributed by atoms with Gasteiger partial charge in [-0.05, 0) is 119 Å². The molecular formula is C54H55BN2. The minimum Gasteiger partial charge on any atom is -0.335 e. The van der Waals surface area contributed by atoms with Gasteiger partial charge in [-0.1, -0.05) is 168 Å². The summed E-state index contributed by atoms with van der Waals surface area (Å²) in [6.45, 7) is 21.0. The first kappa shape index (κ1) is 37.1. The highest BCUT2D eigenvalue weighted by Gasteiger charge is 2.50. The molecule has 2 aliphatic heterocycles. The number of benzene rings is 6. The van der Waals surface area contributed by atoms with Crippen LogP contribution in [0.2, 0.25) is 5.82 Å². The van der Waals surface area contributed by atoms with E-state index >= 15 is 0 Å². The van der Waals surface area contributed by atoms with E-state index in [1.165, 1.54) is 78.3 Å². The zero-order valence-corrected chi connectivity index (χ0v) is 35.1. The second kappa shape index (κ2) is 13.5. The fourth-order valence-corrected chi connectivity index (χ4v) is 9.77. The fourth-order valence-electron chi connectivity index (χ4n) is 9.77. The molecule has 0 saturated carbocycles. The van der Waals surface area contributed by atoms with E-state index in [2.05, 4.69) is 230 Å². The molecule has 0 saturated heterocycles. The second-order valence-electron chi connectivity index (χ2n) is 19.0. The number of fused-ring (bicyclic) bond motifs is 4. The third-order valence-electron chi connectivity index (χ3n) is 13.1. The maximum Gasteiger partial charge on any atom is 0.226 e. The van der Waals surface area contributed by atoms with E-state index in [4.69, 9.17) is 0 Å². The molecule has 6 aromatic carbocycles. The van der Waals surface area contributed by atoms with Crippen LogP contribution in [0.1, 0.15) is 88.8 Å². The highest BCUT2D eigenvalue weighted by molar-refractivity contribution is 6.91. The van der Waals surface area contributed by atoms with Gasteiger partial charge in [0.15, 0.2) is 0 Å². The van der Waals surface area contributed by atoms with Crippen molar-refractivity contribution in [2.24, 2.45) is 0 Å². The number of nitrogens with zero attached hydrogens (tertiary/aromatic N) is 2. The average Bonchev–Trinajstić information content (AvgIpc) is 3.20. The lowest BCUT2D eigenvalue weighted by Gasteiger charge is -2.51. The van der Waals surface area contributed by atoms with Crippen LogP contribution in [-0.2, 0) is 16.2 Å². The van der Waals surface area contributed by atoms with E-state index in [0.717, 1.165) is 0 Å². The monoisotopic (exact) mass is 742 g/mol. The van der Waals surface area contributed by atoms with Crippen LogP contribution in [0.15, 0.2) is 163 Å².